The fraction of sp³-hybridized carbons (Fsp3) is 0.512. The van der Waals surface area contributed by atoms with E-state index in [2.05, 4.69) is 51.6 Å². The third-order valence-electron chi connectivity index (χ3n) is 12.0. The molecule has 48 heavy (non-hydrogen) atoms. The molecule has 2 bridgehead atoms. The molecule has 4 fully saturated rings. The maximum Gasteiger partial charge on any atom is 0.175 e. The minimum absolute atomic E-state index is 0.0752. The molecule has 0 radical (unpaired) electrons. The highest BCUT2D eigenvalue weighted by Gasteiger charge is 2.76. The first-order valence-corrected chi connectivity index (χ1v) is 17.4. The van der Waals surface area contributed by atoms with Crippen LogP contribution in [0.15, 0.2) is 97.6 Å². The van der Waals surface area contributed by atoms with Gasteiger partial charge in [-0.25, -0.2) is 0 Å². The summed E-state index contributed by atoms with van der Waals surface area (Å²) in [5.41, 5.74) is 3.09. The summed E-state index contributed by atoms with van der Waals surface area (Å²) in [7, 11) is 1.67. The van der Waals surface area contributed by atoms with Gasteiger partial charge in [0, 0.05) is 11.8 Å². The molecule has 1 heterocycles. The number of benzene rings is 3. The summed E-state index contributed by atoms with van der Waals surface area (Å²) in [6.07, 6.45) is 2.06. The molecule has 3 saturated carbocycles. The molecule has 1 unspecified atom stereocenters. The fourth-order valence-electron chi connectivity index (χ4n) is 8.78. The Labute approximate surface area is 285 Å². The van der Waals surface area contributed by atoms with Crippen LogP contribution in [-0.2, 0) is 48.2 Å². The van der Waals surface area contributed by atoms with E-state index in [1.165, 1.54) is 6.42 Å². The van der Waals surface area contributed by atoms with Gasteiger partial charge in [0.05, 0.1) is 33.5 Å². The smallest absolute Gasteiger partial charge is 0.175 e. The van der Waals surface area contributed by atoms with E-state index in [0.29, 0.717) is 32.3 Å². The Morgan fingerprint density at radius 2 is 1.19 bits per heavy atom. The zero-order valence-electron chi connectivity index (χ0n) is 28.7. The lowest BCUT2D eigenvalue weighted by Gasteiger charge is -2.46. The molecule has 0 N–H and O–H groups in total. The van der Waals surface area contributed by atoms with Gasteiger partial charge in [0.15, 0.2) is 5.79 Å². The summed E-state index contributed by atoms with van der Waals surface area (Å²) < 4.78 is 47.3. The monoisotopic (exact) mass is 654 g/mol. The molecule has 7 rings (SSSR count). The van der Waals surface area contributed by atoms with Crippen LogP contribution in [0.3, 0.4) is 0 Å². The van der Waals surface area contributed by atoms with Crippen molar-refractivity contribution in [3.05, 3.63) is 114 Å². The van der Waals surface area contributed by atoms with E-state index >= 15 is 0 Å². The van der Waals surface area contributed by atoms with Crippen molar-refractivity contribution in [2.75, 3.05) is 13.7 Å². The molecule has 4 aliphatic rings. The average Bonchev–Trinajstić information content (AvgIpc) is 3.65. The molecule has 7 heteroatoms. The molecule has 7 nitrogen and oxygen atoms in total. The summed E-state index contributed by atoms with van der Waals surface area (Å²) in [6.45, 7) is 12.6. The third kappa shape index (κ3) is 5.93. The topological polar surface area (TPSA) is 64.6 Å². The molecule has 1 saturated heterocycles. The molecular formula is C41H50O7. The SMILES string of the molecule is C=CCO[C@@H]1[C@@H](OCc2ccccc2)[C@H](OCc2ccc(OC)cc2)[C@H](OCc2ccccc2)[C@@H]2OC3(C[C@H]4CC[C@]3(C)C4(C)C)O[C@@H]12. The highest BCUT2D eigenvalue weighted by atomic mass is 16.8. The van der Waals surface area contributed by atoms with E-state index < -0.39 is 42.4 Å². The van der Waals surface area contributed by atoms with Crippen molar-refractivity contribution in [1.82, 2.24) is 0 Å². The predicted molar refractivity (Wildman–Crippen MR) is 183 cm³/mol. The summed E-state index contributed by atoms with van der Waals surface area (Å²) in [5, 5.41) is 0. The van der Waals surface area contributed by atoms with Gasteiger partial charge in [-0.2, -0.15) is 0 Å². The second kappa shape index (κ2) is 13.7. The predicted octanol–water partition coefficient (Wildman–Crippen LogP) is 7.66. The first kappa shape index (κ1) is 33.5. The first-order chi connectivity index (χ1) is 23.3. The van der Waals surface area contributed by atoms with Crippen LogP contribution in [0, 0.1) is 16.7 Å². The van der Waals surface area contributed by atoms with Gasteiger partial charge in [-0.3, -0.25) is 0 Å². The zero-order chi connectivity index (χ0) is 33.4. The minimum atomic E-state index is -0.742. The van der Waals surface area contributed by atoms with Crippen LogP contribution in [0.1, 0.15) is 56.7 Å². The third-order valence-corrected chi connectivity index (χ3v) is 12.0. The normalized spacial score (nSPS) is 34.7. The van der Waals surface area contributed by atoms with E-state index in [1.54, 1.807) is 13.2 Å². The summed E-state index contributed by atoms with van der Waals surface area (Å²) in [6, 6.07) is 28.4. The molecule has 1 aliphatic heterocycles. The first-order valence-electron chi connectivity index (χ1n) is 17.4. The Morgan fingerprint density at radius 1 is 0.688 bits per heavy atom. The average molecular weight is 655 g/mol. The number of ether oxygens (including phenoxy) is 7. The summed E-state index contributed by atoms with van der Waals surface area (Å²) in [5.74, 6) is 0.578. The van der Waals surface area contributed by atoms with Gasteiger partial charge in [0.1, 0.15) is 42.4 Å². The molecule has 3 aromatic rings. The van der Waals surface area contributed by atoms with Gasteiger partial charge in [0.25, 0.3) is 0 Å². The second-order valence-corrected chi connectivity index (χ2v) is 14.6. The van der Waals surface area contributed by atoms with E-state index in [0.717, 1.165) is 35.3 Å². The maximum absolute atomic E-state index is 7.32. The molecule has 256 valence electrons. The van der Waals surface area contributed by atoms with E-state index in [-0.39, 0.29) is 10.8 Å². The van der Waals surface area contributed by atoms with Gasteiger partial charge < -0.3 is 33.2 Å². The second-order valence-electron chi connectivity index (χ2n) is 14.6. The minimum Gasteiger partial charge on any atom is -0.497 e. The quantitative estimate of drug-likeness (QED) is 0.175. The van der Waals surface area contributed by atoms with Crippen LogP contribution < -0.4 is 4.74 Å². The summed E-state index contributed by atoms with van der Waals surface area (Å²) in [4.78, 5) is 0. The molecule has 3 aliphatic carbocycles. The fourth-order valence-corrected chi connectivity index (χ4v) is 8.78. The van der Waals surface area contributed by atoms with E-state index in [1.807, 2.05) is 60.7 Å². The van der Waals surface area contributed by atoms with Crippen LogP contribution in [0.25, 0.3) is 0 Å². The molecule has 0 amide bonds. The van der Waals surface area contributed by atoms with Crippen LogP contribution in [0.4, 0.5) is 0 Å². The van der Waals surface area contributed by atoms with Crippen LogP contribution in [0.2, 0.25) is 0 Å². The number of hydrogen-bond acceptors (Lipinski definition) is 7. The van der Waals surface area contributed by atoms with E-state index in [4.69, 9.17) is 33.2 Å². The molecule has 0 aromatic heterocycles. The van der Waals surface area contributed by atoms with Crippen molar-refractivity contribution >= 4 is 0 Å². The van der Waals surface area contributed by atoms with Gasteiger partial charge in [0.2, 0.25) is 0 Å². The van der Waals surface area contributed by atoms with Crippen molar-refractivity contribution in [2.45, 2.75) is 102 Å². The zero-order valence-corrected chi connectivity index (χ0v) is 28.7. The lowest BCUT2D eigenvalue weighted by molar-refractivity contribution is -0.259. The van der Waals surface area contributed by atoms with Crippen molar-refractivity contribution in [2.24, 2.45) is 16.7 Å². The standard InChI is InChI=1S/C41H50O7/c1-6-23-43-35-33(44-25-28-13-9-7-10-14-28)34(45-27-30-17-19-32(42-5)20-18-30)36(46-26-29-15-11-8-12-16-29)38-37(35)47-41(48-38)24-31-21-22-40(41,4)39(31,2)3/h6-20,31,33-38H,1,21-27H2,2-5H3/t31-,33+,34+,35-,36+,37+,38+,40-,41?/m1/s1. The van der Waals surface area contributed by atoms with Crippen molar-refractivity contribution < 1.29 is 33.2 Å². The van der Waals surface area contributed by atoms with Gasteiger partial charge >= 0.3 is 0 Å². The highest BCUT2D eigenvalue weighted by Crippen LogP contribution is 2.73. The van der Waals surface area contributed by atoms with Crippen LogP contribution in [0.5, 0.6) is 5.75 Å². The Morgan fingerprint density at radius 3 is 1.65 bits per heavy atom. The molecular weight excluding hydrogens is 604 g/mol. The maximum atomic E-state index is 7.32. The largest absolute Gasteiger partial charge is 0.497 e. The van der Waals surface area contributed by atoms with Crippen LogP contribution in [-0.4, -0.2) is 56.1 Å². The Bertz CT molecular complexity index is 1510. The van der Waals surface area contributed by atoms with Gasteiger partial charge in [-0.15, -0.1) is 6.58 Å². The Balaban J connectivity index is 1.27. The number of rotatable bonds is 13. The highest BCUT2D eigenvalue weighted by molar-refractivity contribution is 5.27. The van der Waals surface area contributed by atoms with Gasteiger partial charge in [-0.05, 0) is 53.0 Å². The lowest BCUT2D eigenvalue weighted by Crippen LogP contribution is -2.65. The van der Waals surface area contributed by atoms with Crippen molar-refractivity contribution in [3.8, 4) is 5.75 Å². The number of fused-ring (bicyclic) bond motifs is 4. The Hall–Kier alpha value is -3.04. The summed E-state index contributed by atoms with van der Waals surface area (Å²) >= 11 is 0. The Kier molecular flexibility index (Phi) is 9.55. The van der Waals surface area contributed by atoms with Crippen LogP contribution >= 0.6 is 0 Å². The molecule has 3 aromatic carbocycles. The van der Waals surface area contributed by atoms with Crippen molar-refractivity contribution in [3.63, 3.8) is 0 Å². The number of hydrogen-bond donors (Lipinski definition) is 0. The molecule has 9 atom stereocenters. The van der Waals surface area contributed by atoms with Crippen molar-refractivity contribution in [1.29, 1.82) is 0 Å². The number of methoxy groups -OCH3 is 1. The van der Waals surface area contributed by atoms with Gasteiger partial charge in [-0.1, -0.05) is 99.6 Å². The molecule has 1 spiro atoms. The lowest BCUT2D eigenvalue weighted by atomic mass is 9.68. The van der Waals surface area contributed by atoms with E-state index in [9.17, 15) is 0 Å².